The van der Waals surface area contributed by atoms with Crippen molar-refractivity contribution in [2.75, 3.05) is 12.4 Å². The largest absolute Gasteiger partial charge is 0.387 e. The van der Waals surface area contributed by atoms with Gasteiger partial charge in [0.05, 0.1) is 5.69 Å². The molecule has 0 unspecified atom stereocenters. The quantitative estimate of drug-likeness (QED) is 0.697. The first-order valence-corrected chi connectivity index (χ1v) is 3.95. The summed E-state index contributed by atoms with van der Waals surface area (Å²) in [5.74, 6) is 0. The highest BCUT2D eigenvalue weighted by molar-refractivity contribution is 5.73. The molecule has 0 saturated heterocycles. The van der Waals surface area contributed by atoms with Crippen LogP contribution in [0.2, 0.25) is 0 Å². The van der Waals surface area contributed by atoms with Crippen LogP contribution in [0.3, 0.4) is 0 Å². The van der Waals surface area contributed by atoms with Gasteiger partial charge in [0.2, 0.25) is 0 Å². The molecule has 0 bridgehead atoms. The van der Waals surface area contributed by atoms with Crippen LogP contribution in [-0.4, -0.2) is 22.7 Å². The number of carbonyl (C=O) groups is 1. The molecule has 4 heteroatoms. The molecule has 2 aromatic rings. The fourth-order valence-corrected chi connectivity index (χ4v) is 1.22. The molecule has 0 atom stereocenters. The normalized spacial score (nSPS) is 10.2. The third-order valence-electron chi connectivity index (χ3n) is 1.88. The Bertz CT molecular complexity index is 447. The first-order valence-electron chi connectivity index (χ1n) is 3.95. The Kier molecular flexibility index (Phi) is 1.73. The van der Waals surface area contributed by atoms with Gasteiger partial charge in [-0.1, -0.05) is 0 Å². The lowest BCUT2D eigenvalue weighted by Gasteiger charge is -1.99. The second-order valence-electron chi connectivity index (χ2n) is 2.72. The molecule has 0 radical (unpaired) electrons. The van der Waals surface area contributed by atoms with Crippen LogP contribution in [-0.2, 0) is 0 Å². The number of aldehydes is 1. The number of hydrogen-bond donors (Lipinski definition) is 1. The Hall–Kier alpha value is -1.84. The fourth-order valence-electron chi connectivity index (χ4n) is 1.22. The summed E-state index contributed by atoms with van der Waals surface area (Å²) in [6, 6.07) is 3.77. The van der Waals surface area contributed by atoms with E-state index in [-0.39, 0.29) is 0 Å². The van der Waals surface area contributed by atoms with Crippen molar-refractivity contribution in [2.45, 2.75) is 0 Å². The monoisotopic (exact) mass is 175 g/mol. The number of anilines is 1. The zero-order chi connectivity index (χ0) is 9.26. The van der Waals surface area contributed by atoms with Gasteiger partial charge in [-0.3, -0.25) is 4.79 Å². The van der Waals surface area contributed by atoms with E-state index in [1.807, 2.05) is 29.8 Å². The predicted octanol–water partition coefficient (Wildman–Crippen LogP) is 1.19. The lowest BCUT2D eigenvalue weighted by Crippen LogP contribution is -1.90. The molecule has 2 aromatic heterocycles. The summed E-state index contributed by atoms with van der Waals surface area (Å²) in [5.41, 5.74) is 2.22. The Morgan fingerprint density at radius 1 is 1.46 bits per heavy atom. The molecule has 2 heterocycles. The van der Waals surface area contributed by atoms with E-state index in [0.29, 0.717) is 5.69 Å². The third kappa shape index (κ3) is 1.26. The Labute approximate surface area is 75.2 Å². The van der Waals surface area contributed by atoms with E-state index in [9.17, 15) is 4.79 Å². The zero-order valence-electron chi connectivity index (χ0n) is 7.19. The molecule has 4 nitrogen and oxygen atoms in total. The van der Waals surface area contributed by atoms with E-state index in [4.69, 9.17) is 0 Å². The van der Waals surface area contributed by atoms with Crippen LogP contribution >= 0.6 is 0 Å². The van der Waals surface area contributed by atoms with Gasteiger partial charge in [0.1, 0.15) is 11.3 Å². The molecule has 0 aliphatic rings. The molecule has 1 N–H and O–H groups in total. The van der Waals surface area contributed by atoms with Gasteiger partial charge in [-0.2, -0.15) is 0 Å². The lowest BCUT2D eigenvalue weighted by atomic mass is 10.4. The number of fused-ring (bicyclic) bond motifs is 1. The molecule has 0 spiro atoms. The molecule has 0 saturated carbocycles. The second kappa shape index (κ2) is 2.90. The molecule has 66 valence electrons. The summed E-state index contributed by atoms with van der Waals surface area (Å²) in [7, 11) is 1.85. The zero-order valence-corrected chi connectivity index (χ0v) is 7.19. The molecule has 0 amide bonds. The van der Waals surface area contributed by atoms with E-state index in [1.165, 1.54) is 0 Å². The minimum atomic E-state index is 0.452. The van der Waals surface area contributed by atoms with E-state index in [0.717, 1.165) is 17.6 Å². The van der Waals surface area contributed by atoms with Crippen LogP contribution < -0.4 is 5.32 Å². The van der Waals surface area contributed by atoms with E-state index in [1.54, 1.807) is 6.20 Å². The highest BCUT2D eigenvalue weighted by Crippen LogP contribution is 2.09. The minimum absolute atomic E-state index is 0.452. The first kappa shape index (κ1) is 7.79. The summed E-state index contributed by atoms with van der Waals surface area (Å²) in [5, 5.41) is 3.01. The maximum absolute atomic E-state index is 10.4. The fraction of sp³-hybridized carbons (Fsp3) is 0.111. The van der Waals surface area contributed by atoms with Gasteiger partial charge >= 0.3 is 0 Å². The van der Waals surface area contributed by atoms with Crippen LogP contribution in [0.15, 0.2) is 24.5 Å². The number of nitrogens with one attached hydrogen (secondary N) is 1. The summed E-state index contributed by atoms with van der Waals surface area (Å²) in [6.45, 7) is 0. The SMILES string of the molecule is CNc1ccc2nc(C=O)cn2c1. The third-order valence-corrected chi connectivity index (χ3v) is 1.88. The van der Waals surface area contributed by atoms with Crippen molar-refractivity contribution in [3.05, 3.63) is 30.2 Å². The Balaban J connectivity index is 2.63. The highest BCUT2D eigenvalue weighted by Gasteiger charge is 1.99. The molecule has 0 aliphatic carbocycles. The number of carbonyl (C=O) groups excluding carboxylic acids is 1. The van der Waals surface area contributed by atoms with Gasteiger partial charge < -0.3 is 9.72 Å². The van der Waals surface area contributed by atoms with Crippen molar-refractivity contribution in [3.63, 3.8) is 0 Å². The minimum Gasteiger partial charge on any atom is -0.387 e. The summed E-state index contributed by atoms with van der Waals surface area (Å²) in [6.07, 6.45) is 4.32. The van der Waals surface area contributed by atoms with Gasteiger partial charge in [-0.15, -0.1) is 0 Å². The number of pyridine rings is 1. The molecular formula is C9H9N3O. The standard InChI is InChI=1S/C9H9N3O/c1-10-7-2-3-9-11-8(6-13)5-12(9)4-7/h2-6,10H,1H3. The van der Waals surface area contributed by atoms with E-state index in [2.05, 4.69) is 10.3 Å². The number of hydrogen-bond acceptors (Lipinski definition) is 3. The van der Waals surface area contributed by atoms with Crippen molar-refractivity contribution in [1.82, 2.24) is 9.38 Å². The lowest BCUT2D eigenvalue weighted by molar-refractivity contribution is 0.111. The average molecular weight is 175 g/mol. The van der Waals surface area contributed by atoms with Gasteiger partial charge in [-0.25, -0.2) is 4.98 Å². The van der Waals surface area contributed by atoms with Gasteiger partial charge in [0, 0.05) is 19.4 Å². The smallest absolute Gasteiger partial charge is 0.170 e. The number of aromatic nitrogens is 2. The predicted molar refractivity (Wildman–Crippen MR) is 50.1 cm³/mol. The molecule has 0 aliphatic heterocycles. The van der Waals surface area contributed by atoms with Crippen LogP contribution in [0.1, 0.15) is 10.5 Å². The Morgan fingerprint density at radius 3 is 3.00 bits per heavy atom. The van der Waals surface area contributed by atoms with E-state index >= 15 is 0 Å². The van der Waals surface area contributed by atoms with Crippen molar-refractivity contribution in [3.8, 4) is 0 Å². The highest BCUT2D eigenvalue weighted by atomic mass is 16.1. The maximum Gasteiger partial charge on any atom is 0.170 e. The van der Waals surface area contributed by atoms with Crippen LogP contribution in [0.25, 0.3) is 5.65 Å². The molecule has 2 rings (SSSR count). The summed E-state index contributed by atoms with van der Waals surface area (Å²) >= 11 is 0. The first-order chi connectivity index (χ1) is 6.33. The number of rotatable bonds is 2. The van der Waals surface area contributed by atoms with Gasteiger partial charge in [-0.05, 0) is 12.1 Å². The van der Waals surface area contributed by atoms with Gasteiger partial charge in [0.15, 0.2) is 6.29 Å². The summed E-state index contributed by atoms with van der Waals surface area (Å²) < 4.78 is 1.82. The summed E-state index contributed by atoms with van der Waals surface area (Å²) in [4.78, 5) is 14.5. The van der Waals surface area contributed by atoms with Crippen LogP contribution in [0, 0.1) is 0 Å². The van der Waals surface area contributed by atoms with Crippen LogP contribution in [0.5, 0.6) is 0 Å². The van der Waals surface area contributed by atoms with Gasteiger partial charge in [0.25, 0.3) is 0 Å². The molecule has 13 heavy (non-hydrogen) atoms. The molecule has 0 aromatic carbocycles. The van der Waals surface area contributed by atoms with Crippen molar-refractivity contribution in [2.24, 2.45) is 0 Å². The second-order valence-corrected chi connectivity index (χ2v) is 2.72. The topological polar surface area (TPSA) is 46.4 Å². The van der Waals surface area contributed by atoms with Crippen molar-refractivity contribution >= 4 is 17.6 Å². The van der Waals surface area contributed by atoms with E-state index < -0.39 is 0 Å². The number of imidazole rings is 1. The maximum atomic E-state index is 10.4. The molecule has 0 fully saturated rings. The van der Waals surface area contributed by atoms with Crippen molar-refractivity contribution in [1.29, 1.82) is 0 Å². The van der Waals surface area contributed by atoms with Crippen molar-refractivity contribution < 1.29 is 4.79 Å². The molecular weight excluding hydrogens is 166 g/mol. The average Bonchev–Trinajstić information content (AvgIpc) is 2.58. The van der Waals surface area contributed by atoms with Crippen LogP contribution in [0.4, 0.5) is 5.69 Å². The Morgan fingerprint density at radius 2 is 2.31 bits per heavy atom. The number of nitrogens with zero attached hydrogens (tertiary/aromatic N) is 2.